The van der Waals surface area contributed by atoms with Gasteiger partial charge in [0.2, 0.25) is 5.28 Å². The Morgan fingerprint density at radius 3 is 2.88 bits per heavy atom. The molecule has 0 radical (unpaired) electrons. The lowest BCUT2D eigenvalue weighted by molar-refractivity contribution is 0.257. The van der Waals surface area contributed by atoms with E-state index in [2.05, 4.69) is 33.9 Å². The number of anilines is 1. The third kappa shape index (κ3) is 3.00. The van der Waals surface area contributed by atoms with Crippen LogP contribution in [0.2, 0.25) is 10.3 Å². The van der Waals surface area contributed by atoms with Crippen LogP contribution in [-0.4, -0.2) is 48.1 Å². The lowest BCUT2D eigenvalue weighted by atomic mass is 10.1. The molecule has 0 aliphatic carbocycles. The van der Waals surface area contributed by atoms with Gasteiger partial charge in [-0.1, -0.05) is 11.6 Å². The summed E-state index contributed by atoms with van der Waals surface area (Å²) in [5, 5.41) is 0.810. The van der Waals surface area contributed by atoms with Crippen molar-refractivity contribution in [3.8, 4) is 0 Å². The number of piperidine rings is 1. The molecule has 0 aromatic carbocycles. The molecule has 1 aromatic rings. The zero-order chi connectivity index (χ0) is 12.4. The number of rotatable bonds is 2. The fraction of sp³-hybridized carbons (Fsp3) is 0.636. The summed E-state index contributed by atoms with van der Waals surface area (Å²) in [5.74, 6) is 0.748. The molecule has 1 atom stereocenters. The molecule has 1 aromatic heterocycles. The Morgan fingerprint density at radius 2 is 2.18 bits per heavy atom. The Kier molecular flexibility index (Phi) is 4.07. The molecule has 0 bridgehead atoms. The van der Waals surface area contributed by atoms with Gasteiger partial charge in [-0.3, -0.25) is 0 Å². The molecule has 2 rings (SSSR count). The zero-order valence-corrected chi connectivity index (χ0v) is 11.5. The smallest absolute Gasteiger partial charge is 0.224 e. The first kappa shape index (κ1) is 12.9. The van der Waals surface area contributed by atoms with Crippen molar-refractivity contribution >= 4 is 29.0 Å². The summed E-state index contributed by atoms with van der Waals surface area (Å²) in [6, 6.07) is 0.536. The van der Waals surface area contributed by atoms with Crippen LogP contribution in [0.4, 0.5) is 5.82 Å². The fourth-order valence-corrected chi connectivity index (χ4v) is 2.47. The molecular formula is C11H16Cl2N4. The molecule has 1 fully saturated rings. The fourth-order valence-electron chi connectivity index (χ4n) is 2.13. The van der Waals surface area contributed by atoms with E-state index in [0.29, 0.717) is 11.1 Å². The minimum absolute atomic E-state index is 0.247. The van der Waals surface area contributed by atoms with Gasteiger partial charge in [0, 0.05) is 19.1 Å². The molecule has 1 aliphatic rings. The maximum atomic E-state index is 6.12. The monoisotopic (exact) mass is 274 g/mol. The minimum atomic E-state index is 0.247. The van der Waals surface area contributed by atoms with Crippen LogP contribution in [-0.2, 0) is 0 Å². The first-order valence-corrected chi connectivity index (χ1v) is 6.43. The Morgan fingerprint density at radius 1 is 1.41 bits per heavy atom. The average molecular weight is 275 g/mol. The highest BCUT2D eigenvalue weighted by molar-refractivity contribution is 6.33. The minimum Gasteiger partial charge on any atom is -0.354 e. The van der Waals surface area contributed by atoms with E-state index < -0.39 is 0 Å². The van der Waals surface area contributed by atoms with Crippen LogP contribution in [0.25, 0.3) is 0 Å². The maximum Gasteiger partial charge on any atom is 0.224 e. The number of aromatic nitrogens is 2. The van der Waals surface area contributed by atoms with Crippen LogP contribution in [0.15, 0.2) is 6.20 Å². The largest absolute Gasteiger partial charge is 0.354 e. The van der Waals surface area contributed by atoms with Gasteiger partial charge in [-0.25, -0.2) is 4.98 Å². The van der Waals surface area contributed by atoms with Gasteiger partial charge < -0.3 is 9.80 Å². The van der Waals surface area contributed by atoms with Gasteiger partial charge in [0.1, 0.15) is 5.02 Å². The Labute approximate surface area is 112 Å². The third-order valence-electron chi connectivity index (χ3n) is 3.12. The van der Waals surface area contributed by atoms with Gasteiger partial charge in [0.25, 0.3) is 0 Å². The number of nitrogens with zero attached hydrogens (tertiary/aromatic N) is 4. The second-order valence-electron chi connectivity index (χ2n) is 4.52. The summed E-state index contributed by atoms with van der Waals surface area (Å²) in [5.41, 5.74) is 0. The van der Waals surface area contributed by atoms with Crippen LogP contribution in [0.5, 0.6) is 0 Å². The number of halogens is 2. The molecule has 0 amide bonds. The van der Waals surface area contributed by atoms with E-state index in [0.717, 1.165) is 25.3 Å². The van der Waals surface area contributed by atoms with Crippen LogP contribution in [0.1, 0.15) is 12.8 Å². The van der Waals surface area contributed by atoms with Crippen molar-refractivity contribution in [2.75, 3.05) is 32.1 Å². The van der Waals surface area contributed by atoms with Crippen molar-refractivity contribution < 1.29 is 0 Å². The van der Waals surface area contributed by atoms with Crippen molar-refractivity contribution in [3.05, 3.63) is 16.5 Å². The van der Waals surface area contributed by atoms with Crippen molar-refractivity contribution in [2.24, 2.45) is 0 Å². The van der Waals surface area contributed by atoms with E-state index in [1.54, 1.807) is 6.20 Å². The molecule has 17 heavy (non-hydrogen) atoms. The lowest BCUT2D eigenvalue weighted by Crippen LogP contribution is -2.45. The molecule has 1 aliphatic heterocycles. The van der Waals surface area contributed by atoms with E-state index >= 15 is 0 Å². The van der Waals surface area contributed by atoms with E-state index in [4.69, 9.17) is 23.2 Å². The summed E-state index contributed by atoms with van der Waals surface area (Å²) in [7, 11) is 4.20. The van der Waals surface area contributed by atoms with Crippen molar-refractivity contribution in [3.63, 3.8) is 0 Å². The van der Waals surface area contributed by atoms with Gasteiger partial charge in [-0.15, -0.1) is 0 Å². The van der Waals surface area contributed by atoms with Crippen molar-refractivity contribution in [1.29, 1.82) is 0 Å². The molecule has 0 spiro atoms. The first-order valence-electron chi connectivity index (χ1n) is 5.67. The van der Waals surface area contributed by atoms with Crippen molar-refractivity contribution in [2.45, 2.75) is 18.9 Å². The van der Waals surface area contributed by atoms with Gasteiger partial charge in [0.15, 0.2) is 5.82 Å². The molecule has 1 saturated heterocycles. The first-order chi connectivity index (χ1) is 8.08. The number of hydrogen-bond acceptors (Lipinski definition) is 4. The predicted octanol–water partition coefficient (Wildman–Crippen LogP) is 2.31. The topological polar surface area (TPSA) is 32.3 Å². The van der Waals surface area contributed by atoms with E-state index in [1.807, 2.05) is 0 Å². The van der Waals surface area contributed by atoms with E-state index in [1.165, 1.54) is 6.42 Å². The lowest BCUT2D eigenvalue weighted by Gasteiger charge is -2.37. The van der Waals surface area contributed by atoms with E-state index in [-0.39, 0.29) is 5.28 Å². The molecule has 1 unspecified atom stereocenters. The van der Waals surface area contributed by atoms with Gasteiger partial charge >= 0.3 is 0 Å². The summed E-state index contributed by atoms with van der Waals surface area (Å²) in [4.78, 5) is 12.5. The second kappa shape index (κ2) is 5.38. The summed E-state index contributed by atoms with van der Waals surface area (Å²) in [6.45, 7) is 1.90. The molecule has 94 valence electrons. The molecule has 0 saturated carbocycles. The molecule has 0 N–H and O–H groups in total. The molecule has 2 heterocycles. The maximum absolute atomic E-state index is 6.12. The zero-order valence-electron chi connectivity index (χ0n) is 10.0. The standard InChI is InChI=1S/C11H16Cl2N4/c1-16(2)8-4-3-5-17(7-8)10-9(12)6-14-11(13)15-10/h6,8H,3-5,7H2,1-2H3. The summed E-state index contributed by atoms with van der Waals surface area (Å²) < 4.78 is 0. The SMILES string of the molecule is CN(C)C1CCCN(c2nc(Cl)ncc2Cl)C1. The number of hydrogen-bond donors (Lipinski definition) is 0. The highest BCUT2D eigenvalue weighted by Crippen LogP contribution is 2.27. The summed E-state index contributed by atoms with van der Waals surface area (Å²) in [6.07, 6.45) is 3.91. The number of likely N-dealkylation sites (N-methyl/N-ethyl adjacent to an activating group) is 1. The van der Waals surface area contributed by atoms with Gasteiger partial charge in [-0.05, 0) is 38.5 Å². The second-order valence-corrected chi connectivity index (χ2v) is 5.26. The average Bonchev–Trinajstić information content (AvgIpc) is 2.32. The highest BCUT2D eigenvalue weighted by Gasteiger charge is 2.24. The molecular weight excluding hydrogens is 259 g/mol. The Hall–Kier alpha value is -0.580. The predicted molar refractivity (Wildman–Crippen MR) is 71.0 cm³/mol. The van der Waals surface area contributed by atoms with Crippen molar-refractivity contribution in [1.82, 2.24) is 14.9 Å². The summed E-state index contributed by atoms with van der Waals surface area (Å²) >= 11 is 11.9. The van der Waals surface area contributed by atoms with Crippen LogP contribution < -0.4 is 4.90 Å². The molecule has 6 heteroatoms. The Balaban J connectivity index is 2.18. The highest BCUT2D eigenvalue weighted by atomic mass is 35.5. The Bertz CT molecular complexity index is 397. The van der Waals surface area contributed by atoms with E-state index in [9.17, 15) is 0 Å². The normalized spacial score (nSPS) is 21.0. The van der Waals surface area contributed by atoms with Crippen LogP contribution in [0.3, 0.4) is 0 Å². The van der Waals surface area contributed by atoms with Crippen LogP contribution >= 0.6 is 23.2 Å². The third-order valence-corrected chi connectivity index (χ3v) is 3.57. The van der Waals surface area contributed by atoms with Gasteiger partial charge in [0.05, 0.1) is 6.20 Å². The molecule has 4 nitrogen and oxygen atoms in total. The van der Waals surface area contributed by atoms with Gasteiger partial charge in [-0.2, -0.15) is 4.98 Å². The quantitative estimate of drug-likeness (QED) is 0.775. The van der Waals surface area contributed by atoms with Crippen LogP contribution in [0, 0.1) is 0 Å².